The molecule has 0 fully saturated rings. The van der Waals surface area contributed by atoms with Crippen LogP contribution in [0.15, 0.2) is 91.2 Å². The first-order valence-corrected chi connectivity index (χ1v) is 11.0. The van der Waals surface area contributed by atoms with Crippen molar-refractivity contribution in [1.82, 2.24) is 0 Å². The topological polar surface area (TPSA) is 78.9 Å². The van der Waals surface area contributed by atoms with Crippen molar-refractivity contribution in [2.75, 3.05) is 6.61 Å². The van der Waals surface area contributed by atoms with E-state index in [0.717, 1.165) is 5.56 Å². The Morgan fingerprint density at radius 3 is 2.44 bits per heavy atom. The van der Waals surface area contributed by atoms with Crippen LogP contribution in [0.2, 0.25) is 0 Å². The zero-order valence-electron chi connectivity index (χ0n) is 18.8. The number of hydrogen-bond donors (Lipinski definition) is 0. The normalized spacial score (nSPS) is 11.1. The van der Waals surface area contributed by atoms with Crippen LogP contribution in [0.3, 0.4) is 0 Å². The smallest absolute Gasteiger partial charge is 0.344 e. The quantitative estimate of drug-likeness (QED) is 0.299. The summed E-state index contributed by atoms with van der Waals surface area (Å²) < 4.78 is 22.5. The van der Waals surface area contributed by atoms with E-state index in [1.165, 1.54) is 11.6 Å². The fraction of sp³-hybridized carbons (Fsp3) is 0.143. The molecule has 0 saturated carbocycles. The van der Waals surface area contributed by atoms with Gasteiger partial charge in [0.05, 0.1) is 12.2 Å². The van der Waals surface area contributed by atoms with Gasteiger partial charge in [0.2, 0.25) is 0 Å². The lowest BCUT2D eigenvalue weighted by Crippen LogP contribution is -2.07. The summed E-state index contributed by atoms with van der Waals surface area (Å²) in [6.45, 7) is 4.72. The van der Waals surface area contributed by atoms with Gasteiger partial charge in [-0.3, -0.25) is 0 Å². The van der Waals surface area contributed by atoms with Crippen molar-refractivity contribution in [2.24, 2.45) is 0 Å². The van der Waals surface area contributed by atoms with Crippen LogP contribution in [0.4, 0.5) is 0 Å². The highest BCUT2D eigenvalue weighted by atomic mass is 16.5. The van der Waals surface area contributed by atoms with Crippen LogP contribution in [0, 0.1) is 6.92 Å². The van der Waals surface area contributed by atoms with E-state index >= 15 is 0 Å². The minimum Gasteiger partial charge on any atom is -0.490 e. The van der Waals surface area contributed by atoms with Crippen LogP contribution in [0.5, 0.6) is 11.5 Å². The van der Waals surface area contributed by atoms with E-state index in [0.29, 0.717) is 52.2 Å². The fourth-order valence-electron chi connectivity index (χ4n) is 3.88. The maximum absolute atomic E-state index is 12.9. The molecule has 0 aliphatic carbocycles. The van der Waals surface area contributed by atoms with Crippen LogP contribution in [-0.4, -0.2) is 6.61 Å². The molecule has 0 aliphatic rings. The molecule has 0 atom stereocenters. The Bertz CT molecular complexity index is 1610. The summed E-state index contributed by atoms with van der Waals surface area (Å²) >= 11 is 0. The summed E-state index contributed by atoms with van der Waals surface area (Å²) in [5.74, 6) is 1.05. The lowest BCUT2D eigenvalue weighted by Gasteiger charge is -2.10. The number of benzene rings is 3. The maximum Gasteiger partial charge on any atom is 0.344 e. The molecule has 0 saturated heterocycles. The number of para-hydroxylation sites is 1. The molecule has 0 spiro atoms. The maximum atomic E-state index is 12.9. The second kappa shape index (κ2) is 8.90. The van der Waals surface area contributed by atoms with Crippen LogP contribution in [-0.2, 0) is 6.61 Å². The third-order valence-electron chi connectivity index (χ3n) is 5.56. The first kappa shape index (κ1) is 21.5. The lowest BCUT2D eigenvalue weighted by molar-refractivity contribution is 0.306. The van der Waals surface area contributed by atoms with Gasteiger partial charge in [-0.1, -0.05) is 42.0 Å². The Balaban J connectivity index is 1.55. The molecule has 5 rings (SSSR count). The Morgan fingerprint density at radius 1 is 0.824 bits per heavy atom. The van der Waals surface area contributed by atoms with Gasteiger partial charge in [0.15, 0.2) is 11.3 Å². The largest absolute Gasteiger partial charge is 0.490 e. The molecular weight excluding hydrogens is 432 g/mol. The van der Waals surface area contributed by atoms with Crippen LogP contribution >= 0.6 is 0 Å². The Morgan fingerprint density at radius 2 is 1.65 bits per heavy atom. The highest BCUT2D eigenvalue weighted by Gasteiger charge is 2.16. The molecule has 0 bridgehead atoms. The van der Waals surface area contributed by atoms with E-state index in [2.05, 4.69) is 0 Å². The molecule has 6 nitrogen and oxygen atoms in total. The van der Waals surface area contributed by atoms with Crippen LogP contribution in [0.25, 0.3) is 33.1 Å². The summed E-state index contributed by atoms with van der Waals surface area (Å²) in [4.78, 5) is 25.3. The van der Waals surface area contributed by atoms with E-state index in [9.17, 15) is 9.59 Å². The summed E-state index contributed by atoms with van der Waals surface area (Å²) in [6.07, 6.45) is 0. The van der Waals surface area contributed by atoms with E-state index in [1.807, 2.05) is 50.2 Å². The van der Waals surface area contributed by atoms with Crippen molar-refractivity contribution < 1.29 is 18.3 Å². The minimum atomic E-state index is -0.569. The fourth-order valence-corrected chi connectivity index (χ4v) is 3.88. The Kier molecular flexibility index (Phi) is 5.64. The third-order valence-corrected chi connectivity index (χ3v) is 5.56. The van der Waals surface area contributed by atoms with E-state index < -0.39 is 11.3 Å². The van der Waals surface area contributed by atoms with Crippen LogP contribution < -0.4 is 20.7 Å². The summed E-state index contributed by atoms with van der Waals surface area (Å²) in [7, 11) is 0. The molecular formula is C28H22O6. The van der Waals surface area contributed by atoms with Crippen molar-refractivity contribution in [2.45, 2.75) is 20.5 Å². The standard InChI is InChI=1S/C28H22O6/c1-3-31-24-6-4-5-19-13-23(28(30)34-27(19)24)22-15-26(29)33-25-14-20(11-12-21(22)25)32-16-18-9-7-17(2)8-10-18/h4-15H,3,16H2,1-2H3. The van der Waals surface area contributed by atoms with Crippen molar-refractivity contribution in [3.63, 3.8) is 0 Å². The zero-order chi connectivity index (χ0) is 23.7. The molecule has 0 unspecified atom stereocenters. The number of ether oxygens (including phenoxy) is 2. The first-order chi connectivity index (χ1) is 16.5. The second-order valence-corrected chi connectivity index (χ2v) is 7.97. The highest BCUT2D eigenvalue weighted by Crippen LogP contribution is 2.32. The Labute approximate surface area is 195 Å². The molecule has 0 radical (unpaired) electrons. The minimum absolute atomic E-state index is 0.271. The predicted octanol–water partition coefficient (Wildman–Crippen LogP) is 5.85. The molecule has 0 N–H and O–H groups in total. The van der Waals surface area contributed by atoms with Gasteiger partial charge in [-0.05, 0) is 43.7 Å². The van der Waals surface area contributed by atoms with Gasteiger partial charge >= 0.3 is 11.3 Å². The van der Waals surface area contributed by atoms with Gasteiger partial charge in [-0.2, -0.15) is 0 Å². The van der Waals surface area contributed by atoms with E-state index in [1.54, 1.807) is 30.3 Å². The second-order valence-electron chi connectivity index (χ2n) is 7.97. The van der Waals surface area contributed by atoms with Gasteiger partial charge in [0, 0.05) is 28.5 Å². The van der Waals surface area contributed by atoms with Gasteiger partial charge in [0.1, 0.15) is 17.9 Å². The molecule has 0 amide bonds. The summed E-state index contributed by atoms with van der Waals surface area (Å²) in [6, 6.07) is 21.7. The highest BCUT2D eigenvalue weighted by molar-refractivity contribution is 5.96. The lowest BCUT2D eigenvalue weighted by atomic mass is 10.0. The van der Waals surface area contributed by atoms with E-state index in [-0.39, 0.29) is 5.56 Å². The van der Waals surface area contributed by atoms with Crippen molar-refractivity contribution in [3.05, 3.63) is 105 Å². The van der Waals surface area contributed by atoms with E-state index in [4.69, 9.17) is 18.3 Å². The summed E-state index contributed by atoms with van der Waals surface area (Å²) in [5.41, 5.74) is 2.48. The number of fused-ring (bicyclic) bond motifs is 2. The Hall–Kier alpha value is -4.32. The molecule has 2 heterocycles. The molecule has 34 heavy (non-hydrogen) atoms. The van der Waals surface area contributed by atoms with Gasteiger partial charge in [-0.25, -0.2) is 9.59 Å². The average Bonchev–Trinajstić information content (AvgIpc) is 2.83. The monoisotopic (exact) mass is 454 g/mol. The molecule has 0 aliphatic heterocycles. The number of rotatable bonds is 6. The first-order valence-electron chi connectivity index (χ1n) is 11.0. The zero-order valence-corrected chi connectivity index (χ0v) is 18.8. The van der Waals surface area contributed by atoms with Crippen molar-refractivity contribution in [3.8, 4) is 22.6 Å². The third kappa shape index (κ3) is 4.18. The predicted molar refractivity (Wildman–Crippen MR) is 131 cm³/mol. The molecule has 2 aromatic heterocycles. The number of hydrogen-bond acceptors (Lipinski definition) is 6. The van der Waals surface area contributed by atoms with Gasteiger partial charge in [0.25, 0.3) is 0 Å². The molecule has 3 aromatic carbocycles. The SMILES string of the molecule is CCOc1cccc2cc(-c3cc(=O)oc4cc(OCc5ccc(C)cc5)ccc34)c(=O)oc12. The summed E-state index contributed by atoms with van der Waals surface area (Å²) in [5, 5.41) is 1.30. The van der Waals surface area contributed by atoms with Gasteiger partial charge in [-0.15, -0.1) is 0 Å². The van der Waals surface area contributed by atoms with Crippen molar-refractivity contribution >= 4 is 21.9 Å². The average molecular weight is 454 g/mol. The van der Waals surface area contributed by atoms with Crippen LogP contribution in [0.1, 0.15) is 18.1 Å². The molecule has 6 heteroatoms. The molecule has 170 valence electrons. The molecule has 5 aromatic rings. The van der Waals surface area contributed by atoms with Crippen molar-refractivity contribution in [1.29, 1.82) is 0 Å². The van der Waals surface area contributed by atoms with Gasteiger partial charge < -0.3 is 18.3 Å². The number of aryl methyl sites for hydroxylation is 1.